The lowest BCUT2D eigenvalue weighted by atomic mass is 10.1. The molecule has 9 nitrogen and oxygen atoms in total. The van der Waals surface area contributed by atoms with Gasteiger partial charge in [0.1, 0.15) is 22.7 Å². The van der Waals surface area contributed by atoms with Crippen molar-refractivity contribution in [3.63, 3.8) is 0 Å². The van der Waals surface area contributed by atoms with Crippen molar-refractivity contribution < 1.29 is 23.0 Å². The van der Waals surface area contributed by atoms with Crippen LogP contribution >= 0.6 is 0 Å². The smallest absolute Gasteiger partial charge is 0.420 e. The van der Waals surface area contributed by atoms with Gasteiger partial charge in [0.2, 0.25) is 0 Å². The van der Waals surface area contributed by atoms with Crippen molar-refractivity contribution in [1.82, 2.24) is 29.5 Å². The molecule has 4 heterocycles. The fourth-order valence-electron chi connectivity index (χ4n) is 3.16. The van der Waals surface area contributed by atoms with E-state index in [1.807, 2.05) is 0 Å². The molecule has 0 aliphatic rings. The van der Waals surface area contributed by atoms with Crippen LogP contribution in [-0.4, -0.2) is 47.3 Å². The molecular formula is C21H20F3N7O2. The first-order valence-electron chi connectivity index (χ1n) is 9.78. The first kappa shape index (κ1) is 22.4. The number of aromatic nitrogens is 6. The van der Waals surface area contributed by atoms with Crippen molar-refractivity contribution in [2.75, 3.05) is 12.4 Å². The number of fused-ring (bicyclic) bond motifs is 1. The molecule has 12 heteroatoms. The van der Waals surface area contributed by atoms with Crippen molar-refractivity contribution in [1.29, 1.82) is 0 Å². The molecule has 2 N–H and O–H groups in total. The van der Waals surface area contributed by atoms with E-state index in [4.69, 9.17) is 4.74 Å². The lowest BCUT2D eigenvalue weighted by Crippen LogP contribution is -2.25. The summed E-state index contributed by atoms with van der Waals surface area (Å²) in [7, 11) is 1.45. The van der Waals surface area contributed by atoms with Gasteiger partial charge in [-0.25, -0.2) is 24.9 Å². The molecule has 0 amide bonds. The quantitative estimate of drug-likeness (QED) is 0.448. The van der Waals surface area contributed by atoms with E-state index in [-0.39, 0.29) is 29.5 Å². The molecule has 0 fully saturated rings. The SMILES string of the molecule is COc1ncc(-c2ccc(Nc3nc4c(cc3C(F)(F)F)ncn4CC(C)(C)O)nc2)cn1. The van der Waals surface area contributed by atoms with Crippen molar-refractivity contribution in [3.8, 4) is 17.1 Å². The molecule has 33 heavy (non-hydrogen) atoms. The second-order valence-electron chi connectivity index (χ2n) is 7.93. The molecule has 4 aromatic rings. The van der Waals surface area contributed by atoms with Crippen molar-refractivity contribution >= 4 is 22.8 Å². The third kappa shape index (κ3) is 5.00. The van der Waals surface area contributed by atoms with Gasteiger partial charge >= 0.3 is 12.2 Å². The average Bonchev–Trinajstić information content (AvgIpc) is 3.13. The Morgan fingerprint density at radius 3 is 2.30 bits per heavy atom. The number of nitrogens with one attached hydrogen (secondary N) is 1. The third-order valence-electron chi connectivity index (χ3n) is 4.61. The monoisotopic (exact) mass is 459 g/mol. The number of halogens is 3. The summed E-state index contributed by atoms with van der Waals surface area (Å²) in [4.78, 5) is 20.4. The van der Waals surface area contributed by atoms with E-state index in [9.17, 15) is 18.3 Å². The van der Waals surface area contributed by atoms with E-state index in [2.05, 4.69) is 30.2 Å². The molecule has 0 aromatic carbocycles. The van der Waals surface area contributed by atoms with Crippen LogP contribution in [0.1, 0.15) is 19.4 Å². The molecule has 0 saturated carbocycles. The maximum atomic E-state index is 13.7. The normalized spacial score (nSPS) is 12.2. The number of nitrogens with zero attached hydrogens (tertiary/aromatic N) is 6. The number of aliphatic hydroxyl groups is 1. The number of rotatable bonds is 6. The van der Waals surface area contributed by atoms with Gasteiger partial charge in [-0.3, -0.25) is 0 Å². The Morgan fingerprint density at radius 1 is 1.03 bits per heavy atom. The van der Waals surface area contributed by atoms with Gasteiger partial charge in [0.25, 0.3) is 0 Å². The minimum Gasteiger partial charge on any atom is -0.467 e. The van der Waals surface area contributed by atoms with Crippen LogP contribution < -0.4 is 10.1 Å². The lowest BCUT2D eigenvalue weighted by molar-refractivity contribution is -0.137. The van der Waals surface area contributed by atoms with E-state index in [1.165, 1.54) is 30.3 Å². The standard InChI is InChI=1S/C21H20F3N7O2/c1-20(2,32)10-31-11-28-15-6-14(21(22,23)24)17(30-18(15)31)29-16-5-4-12(7-25-16)13-8-26-19(33-3)27-9-13/h4-9,11,32H,10H2,1-3H3,(H,25,29,30). The van der Waals surface area contributed by atoms with Crippen LogP contribution in [0.25, 0.3) is 22.3 Å². The number of pyridine rings is 2. The van der Waals surface area contributed by atoms with Crippen molar-refractivity contribution in [2.24, 2.45) is 0 Å². The Hall–Kier alpha value is -3.80. The van der Waals surface area contributed by atoms with Crippen molar-refractivity contribution in [3.05, 3.63) is 48.7 Å². The average molecular weight is 459 g/mol. The second-order valence-corrected chi connectivity index (χ2v) is 7.93. The predicted molar refractivity (Wildman–Crippen MR) is 114 cm³/mol. The zero-order chi connectivity index (χ0) is 23.8. The summed E-state index contributed by atoms with van der Waals surface area (Å²) < 4.78 is 47.5. The second kappa shape index (κ2) is 8.28. The first-order chi connectivity index (χ1) is 15.5. The van der Waals surface area contributed by atoms with E-state index >= 15 is 0 Å². The lowest BCUT2D eigenvalue weighted by Gasteiger charge is -2.18. The Morgan fingerprint density at radius 2 is 1.73 bits per heavy atom. The summed E-state index contributed by atoms with van der Waals surface area (Å²) in [5.74, 6) is -0.250. The van der Waals surface area contributed by atoms with Gasteiger partial charge in [0, 0.05) is 29.7 Å². The van der Waals surface area contributed by atoms with Gasteiger partial charge in [-0.05, 0) is 32.0 Å². The highest BCUT2D eigenvalue weighted by molar-refractivity contribution is 5.77. The molecule has 0 saturated heterocycles. The summed E-state index contributed by atoms with van der Waals surface area (Å²) in [6, 6.07) is 4.34. The molecule has 0 atom stereocenters. The van der Waals surface area contributed by atoms with Crippen LogP contribution in [0.15, 0.2) is 43.1 Å². The predicted octanol–water partition coefficient (Wildman–Crippen LogP) is 3.83. The number of ether oxygens (including phenoxy) is 1. The van der Waals surface area contributed by atoms with Gasteiger partial charge in [-0.1, -0.05) is 0 Å². The Balaban J connectivity index is 1.68. The van der Waals surface area contributed by atoms with Gasteiger partial charge in [-0.2, -0.15) is 13.2 Å². The van der Waals surface area contributed by atoms with Crippen LogP contribution in [0.5, 0.6) is 6.01 Å². The maximum absolute atomic E-state index is 13.7. The zero-order valence-electron chi connectivity index (χ0n) is 17.9. The number of imidazole rings is 1. The van der Waals surface area contributed by atoms with Crippen LogP contribution in [0.4, 0.5) is 24.8 Å². The van der Waals surface area contributed by atoms with Crippen LogP contribution in [0.2, 0.25) is 0 Å². The molecule has 4 rings (SSSR count). The Labute approximate surface area is 186 Å². The molecule has 0 radical (unpaired) electrons. The zero-order valence-corrected chi connectivity index (χ0v) is 17.9. The summed E-state index contributed by atoms with van der Waals surface area (Å²) in [6.45, 7) is 3.28. The minimum atomic E-state index is -4.66. The molecule has 0 aliphatic heterocycles. The topological polar surface area (TPSA) is 111 Å². The van der Waals surface area contributed by atoms with Gasteiger partial charge < -0.3 is 19.7 Å². The molecular weight excluding hydrogens is 439 g/mol. The minimum absolute atomic E-state index is 0.0694. The van der Waals surface area contributed by atoms with Gasteiger partial charge in [-0.15, -0.1) is 0 Å². The highest BCUT2D eigenvalue weighted by Gasteiger charge is 2.36. The number of anilines is 2. The maximum Gasteiger partial charge on any atom is 0.420 e. The van der Waals surface area contributed by atoms with Crippen LogP contribution in [0, 0.1) is 0 Å². The molecule has 0 aliphatic carbocycles. The summed E-state index contributed by atoms with van der Waals surface area (Å²) in [6.07, 6.45) is 1.28. The Kier molecular flexibility index (Phi) is 5.62. The van der Waals surface area contributed by atoms with E-state index in [1.54, 1.807) is 32.3 Å². The van der Waals surface area contributed by atoms with Gasteiger partial charge in [0.15, 0.2) is 5.65 Å². The highest BCUT2D eigenvalue weighted by Crippen LogP contribution is 2.37. The van der Waals surface area contributed by atoms with Crippen molar-refractivity contribution in [2.45, 2.75) is 32.2 Å². The molecule has 0 spiro atoms. The summed E-state index contributed by atoms with van der Waals surface area (Å²) in [5, 5.41) is 12.7. The molecule has 0 bridgehead atoms. The fraction of sp³-hybridized carbons (Fsp3) is 0.286. The number of methoxy groups -OCH3 is 1. The number of hydrogen-bond donors (Lipinski definition) is 2. The van der Waals surface area contributed by atoms with E-state index in [0.29, 0.717) is 11.1 Å². The summed E-state index contributed by atoms with van der Waals surface area (Å²) >= 11 is 0. The van der Waals surface area contributed by atoms with E-state index in [0.717, 1.165) is 6.07 Å². The van der Waals surface area contributed by atoms with E-state index < -0.39 is 23.2 Å². The van der Waals surface area contributed by atoms with Crippen LogP contribution in [-0.2, 0) is 12.7 Å². The molecule has 0 unspecified atom stereocenters. The highest BCUT2D eigenvalue weighted by atomic mass is 19.4. The van der Waals surface area contributed by atoms with Crippen LogP contribution in [0.3, 0.4) is 0 Å². The number of alkyl halides is 3. The first-order valence-corrected chi connectivity index (χ1v) is 9.78. The van der Waals surface area contributed by atoms with Gasteiger partial charge in [0.05, 0.1) is 25.6 Å². The Bertz CT molecular complexity index is 1260. The third-order valence-corrected chi connectivity index (χ3v) is 4.61. The molecule has 172 valence electrons. The fourth-order valence-corrected chi connectivity index (χ4v) is 3.16. The largest absolute Gasteiger partial charge is 0.467 e. The summed E-state index contributed by atoms with van der Waals surface area (Å²) in [5.41, 5.74) is -0.460. The molecule has 4 aromatic heterocycles. The number of hydrogen-bond acceptors (Lipinski definition) is 8.